The van der Waals surface area contributed by atoms with E-state index < -0.39 is 0 Å². The summed E-state index contributed by atoms with van der Waals surface area (Å²) in [5.74, 6) is 3.37. The van der Waals surface area contributed by atoms with Gasteiger partial charge in [0, 0.05) is 45.1 Å². The van der Waals surface area contributed by atoms with E-state index in [-0.39, 0.29) is 0 Å². The molecule has 1 unspecified atom stereocenters. The van der Waals surface area contributed by atoms with Crippen molar-refractivity contribution in [1.82, 2.24) is 15.0 Å². The van der Waals surface area contributed by atoms with E-state index in [0.29, 0.717) is 23.7 Å². The molecule has 25 heavy (non-hydrogen) atoms. The summed E-state index contributed by atoms with van der Waals surface area (Å²) < 4.78 is 10.9. The average molecular weight is 347 g/mol. The molecule has 6 nitrogen and oxygen atoms in total. The van der Waals surface area contributed by atoms with Crippen LogP contribution in [-0.2, 0) is 16.0 Å². The summed E-state index contributed by atoms with van der Waals surface area (Å²) >= 11 is 0. The molecule has 0 radical (unpaired) electrons. The molecule has 1 saturated carbocycles. The molecule has 2 aliphatic heterocycles. The molecule has 138 valence electrons. The van der Waals surface area contributed by atoms with E-state index in [1.54, 1.807) is 0 Å². The summed E-state index contributed by atoms with van der Waals surface area (Å²) in [6.45, 7) is 3.31. The second-order valence-corrected chi connectivity index (χ2v) is 7.99. The Morgan fingerprint density at radius 2 is 1.88 bits per heavy atom. The van der Waals surface area contributed by atoms with Gasteiger partial charge in [0.05, 0.1) is 0 Å². The average Bonchev–Trinajstić information content (AvgIpc) is 3.38. The number of carbonyl (C=O) groups excluding carboxylic acids is 1. The van der Waals surface area contributed by atoms with Crippen LogP contribution in [0.5, 0.6) is 0 Å². The molecule has 0 bridgehead atoms. The van der Waals surface area contributed by atoms with Gasteiger partial charge in [0.2, 0.25) is 11.8 Å². The molecular formula is C19H29N3O3. The first-order chi connectivity index (χ1) is 12.3. The van der Waals surface area contributed by atoms with Crippen molar-refractivity contribution in [1.29, 1.82) is 0 Å². The maximum atomic E-state index is 12.5. The summed E-state index contributed by atoms with van der Waals surface area (Å²) in [4.78, 5) is 19.1. The molecule has 3 fully saturated rings. The van der Waals surface area contributed by atoms with Gasteiger partial charge < -0.3 is 14.2 Å². The number of aromatic nitrogens is 2. The van der Waals surface area contributed by atoms with Gasteiger partial charge in [-0.25, -0.2) is 0 Å². The Bertz CT molecular complexity index is 576. The Kier molecular flexibility index (Phi) is 5.34. The number of carbonyl (C=O) groups is 1. The van der Waals surface area contributed by atoms with Gasteiger partial charge in [-0.05, 0) is 43.9 Å². The van der Waals surface area contributed by atoms with Crippen LogP contribution in [0, 0.1) is 11.8 Å². The molecule has 3 heterocycles. The molecule has 1 aliphatic carbocycles. The molecule has 6 heteroatoms. The van der Waals surface area contributed by atoms with Crippen molar-refractivity contribution < 1.29 is 14.1 Å². The number of rotatable bonds is 5. The van der Waals surface area contributed by atoms with Gasteiger partial charge in [0.1, 0.15) is 0 Å². The Morgan fingerprint density at radius 3 is 2.68 bits per heavy atom. The van der Waals surface area contributed by atoms with Gasteiger partial charge in [0.25, 0.3) is 0 Å². The molecule has 1 atom stereocenters. The number of hydrogen-bond acceptors (Lipinski definition) is 5. The molecule has 0 spiro atoms. The predicted octanol–water partition coefficient (Wildman–Crippen LogP) is 2.93. The lowest BCUT2D eigenvalue weighted by Crippen LogP contribution is -2.30. The van der Waals surface area contributed by atoms with Crippen LogP contribution in [0.2, 0.25) is 0 Å². The highest BCUT2D eigenvalue weighted by Gasteiger charge is 2.30. The second-order valence-electron chi connectivity index (χ2n) is 7.99. The summed E-state index contributed by atoms with van der Waals surface area (Å²) in [7, 11) is 0. The van der Waals surface area contributed by atoms with Crippen LogP contribution in [0.4, 0.5) is 0 Å². The number of amides is 1. The summed E-state index contributed by atoms with van der Waals surface area (Å²) in [6.07, 6.45) is 9.63. The standard InChI is InChI=1S/C19H29N3O3/c23-18(12-14-3-1-2-4-14)22-8-5-15(13-22)11-17-20-19(25-21-17)16-6-9-24-10-7-16/h14-16H,1-13H2. The van der Waals surface area contributed by atoms with Crippen molar-refractivity contribution in [3.8, 4) is 0 Å². The Morgan fingerprint density at radius 1 is 1.08 bits per heavy atom. The SMILES string of the molecule is O=C(CC1CCCC1)N1CCC(Cc2noc(C3CCOCC3)n2)C1. The third-order valence-corrected chi connectivity index (χ3v) is 6.10. The van der Waals surface area contributed by atoms with Crippen molar-refractivity contribution in [3.63, 3.8) is 0 Å². The molecule has 0 N–H and O–H groups in total. The zero-order chi connectivity index (χ0) is 17.1. The minimum absolute atomic E-state index is 0.350. The van der Waals surface area contributed by atoms with Gasteiger partial charge in [-0.1, -0.05) is 18.0 Å². The first-order valence-electron chi connectivity index (χ1n) is 9.96. The highest BCUT2D eigenvalue weighted by Crippen LogP contribution is 2.30. The monoisotopic (exact) mass is 347 g/mol. The van der Waals surface area contributed by atoms with Crippen LogP contribution in [-0.4, -0.2) is 47.3 Å². The van der Waals surface area contributed by atoms with Gasteiger partial charge in [-0.15, -0.1) is 0 Å². The van der Waals surface area contributed by atoms with Gasteiger partial charge in [-0.3, -0.25) is 4.79 Å². The van der Waals surface area contributed by atoms with E-state index in [9.17, 15) is 4.79 Å². The molecule has 0 aromatic carbocycles. The largest absolute Gasteiger partial charge is 0.381 e. The maximum Gasteiger partial charge on any atom is 0.229 e. The van der Waals surface area contributed by atoms with Crippen LogP contribution in [0.3, 0.4) is 0 Å². The van der Waals surface area contributed by atoms with E-state index in [2.05, 4.69) is 15.0 Å². The fourth-order valence-corrected chi connectivity index (χ4v) is 4.54. The third kappa shape index (κ3) is 4.22. The fourth-order valence-electron chi connectivity index (χ4n) is 4.54. The van der Waals surface area contributed by atoms with Crippen LogP contribution in [0.1, 0.15) is 69.0 Å². The second kappa shape index (κ2) is 7.85. The van der Waals surface area contributed by atoms with Gasteiger partial charge in [0.15, 0.2) is 5.82 Å². The smallest absolute Gasteiger partial charge is 0.229 e. The first-order valence-corrected chi connectivity index (χ1v) is 9.96. The Hall–Kier alpha value is -1.43. The molecular weight excluding hydrogens is 318 g/mol. The van der Waals surface area contributed by atoms with Crippen molar-refractivity contribution in [2.75, 3.05) is 26.3 Å². The third-order valence-electron chi connectivity index (χ3n) is 6.10. The predicted molar refractivity (Wildman–Crippen MR) is 92.1 cm³/mol. The van der Waals surface area contributed by atoms with E-state index in [0.717, 1.165) is 70.1 Å². The van der Waals surface area contributed by atoms with Gasteiger partial charge >= 0.3 is 0 Å². The fraction of sp³-hybridized carbons (Fsp3) is 0.842. The molecule has 1 amide bonds. The summed E-state index contributed by atoms with van der Waals surface area (Å²) in [6, 6.07) is 0. The van der Waals surface area contributed by atoms with E-state index in [1.807, 2.05) is 0 Å². The summed E-state index contributed by atoms with van der Waals surface area (Å²) in [5.41, 5.74) is 0. The van der Waals surface area contributed by atoms with Crippen molar-refractivity contribution in [2.24, 2.45) is 11.8 Å². The van der Waals surface area contributed by atoms with E-state index >= 15 is 0 Å². The van der Waals surface area contributed by atoms with E-state index in [1.165, 1.54) is 25.7 Å². The summed E-state index contributed by atoms with van der Waals surface area (Å²) in [5, 5.41) is 4.18. The Labute approximate surface area is 149 Å². The number of ether oxygens (including phenoxy) is 1. The Balaban J connectivity index is 1.26. The molecule has 1 aromatic heterocycles. The molecule has 1 aromatic rings. The lowest BCUT2D eigenvalue weighted by atomic mass is 10.0. The number of nitrogens with zero attached hydrogens (tertiary/aromatic N) is 3. The minimum Gasteiger partial charge on any atom is -0.381 e. The van der Waals surface area contributed by atoms with Crippen molar-refractivity contribution >= 4 is 5.91 Å². The van der Waals surface area contributed by atoms with Crippen LogP contribution < -0.4 is 0 Å². The number of likely N-dealkylation sites (tertiary alicyclic amines) is 1. The quantitative estimate of drug-likeness (QED) is 0.819. The zero-order valence-corrected chi connectivity index (χ0v) is 15.0. The van der Waals surface area contributed by atoms with Crippen molar-refractivity contribution in [3.05, 3.63) is 11.7 Å². The van der Waals surface area contributed by atoms with Crippen molar-refractivity contribution in [2.45, 2.75) is 63.7 Å². The molecule has 4 rings (SSSR count). The van der Waals surface area contributed by atoms with Crippen LogP contribution >= 0.6 is 0 Å². The minimum atomic E-state index is 0.350. The molecule has 3 aliphatic rings. The van der Waals surface area contributed by atoms with Crippen LogP contribution in [0.15, 0.2) is 4.52 Å². The lowest BCUT2D eigenvalue weighted by Gasteiger charge is -2.18. The zero-order valence-electron chi connectivity index (χ0n) is 15.0. The van der Waals surface area contributed by atoms with E-state index in [4.69, 9.17) is 9.26 Å². The lowest BCUT2D eigenvalue weighted by molar-refractivity contribution is -0.131. The van der Waals surface area contributed by atoms with Crippen LogP contribution in [0.25, 0.3) is 0 Å². The maximum absolute atomic E-state index is 12.5. The topological polar surface area (TPSA) is 68.5 Å². The normalized spacial score (nSPS) is 25.8. The first kappa shape index (κ1) is 17.0. The van der Waals surface area contributed by atoms with Gasteiger partial charge in [-0.2, -0.15) is 4.98 Å². The number of hydrogen-bond donors (Lipinski definition) is 0. The highest BCUT2D eigenvalue weighted by molar-refractivity contribution is 5.76. The highest BCUT2D eigenvalue weighted by atomic mass is 16.5. The molecule has 2 saturated heterocycles.